The summed E-state index contributed by atoms with van der Waals surface area (Å²) < 4.78 is 0. The maximum absolute atomic E-state index is 11.3. The lowest BCUT2D eigenvalue weighted by atomic mass is 9.85. The normalized spacial score (nSPS) is 15.7. The van der Waals surface area contributed by atoms with E-state index in [2.05, 4.69) is 20.8 Å². The number of hydrogen-bond donors (Lipinski definition) is 0. The minimum Gasteiger partial charge on any atom is -0.300 e. The summed E-state index contributed by atoms with van der Waals surface area (Å²) in [6, 6.07) is 0. The molecule has 1 heteroatoms. The van der Waals surface area contributed by atoms with Crippen molar-refractivity contribution in [3.8, 4) is 0 Å². The first-order valence-electron chi connectivity index (χ1n) is 5.13. The number of carbonyl (C=O) groups excluding carboxylic acids is 1. The van der Waals surface area contributed by atoms with Gasteiger partial charge in [-0.3, -0.25) is 4.79 Å². The summed E-state index contributed by atoms with van der Waals surface area (Å²) in [6.07, 6.45) is 4.59. The van der Waals surface area contributed by atoms with Crippen LogP contribution in [0.4, 0.5) is 0 Å². The second-order valence-electron chi connectivity index (χ2n) is 3.74. The summed E-state index contributed by atoms with van der Waals surface area (Å²) in [4.78, 5) is 11.3. The zero-order valence-corrected chi connectivity index (χ0v) is 8.89. The van der Waals surface area contributed by atoms with Crippen LogP contribution in [0.1, 0.15) is 53.4 Å². The smallest absolute Gasteiger partial charge is 0.133 e. The first kappa shape index (κ1) is 11.7. The molecule has 2 unspecified atom stereocenters. The van der Waals surface area contributed by atoms with Crippen LogP contribution in [-0.2, 0) is 4.79 Å². The molecule has 0 aromatic rings. The first-order chi connectivity index (χ1) is 5.63. The average Bonchev–Trinajstić information content (AvgIpc) is 2.04. The molecule has 0 heterocycles. The van der Waals surface area contributed by atoms with Crippen LogP contribution in [0.15, 0.2) is 0 Å². The Morgan fingerprint density at radius 1 is 1.33 bits per heavy atom. The van der Waals surface area contributed by atoms with Crippen LogP contribution < -0.4 is 0 Å². The monoisotopic (exact) mass is 170 g/mol. The zero-order chi connectivity index (χ0) is 9.56. The van der Waals surface area contributed by atoms with Crippen LogP contribution in [0.2, 0.25) is 0 Å². The number of carbonyl (C=O) groups is 1. The molecule has 12 heavy (non-hydrogen) atoms. The fourth-order valence-electron chi connectivity index (χ4n) is 1.60. The molecular formula is C11H22O. The Balaban J connectivity index is 3.94. The quantitative estimate of drug-likeness (QED) is 0.597. The molecule has 0 aliphatic carbocycles. The van der Waals surface area contributed by atoms with E-state index in [1.807, 2.05) is 0 Å². The lowest BCUT2D eigenvalue weighted by Gasteiger charge is -2.19. The molecular weight excluding hydrogens is 148 g/mol. The van der Waals surface area contributed by atoms with Crippen molar-refractivity contribution in [1.29, 1.82) is 0 Å². The van der Waals surface area contributed by atoms with Crippen molar-refractivity contribution in [3.05, 3.63) is 0 Å². The van der Waals surface area contributed by atoms with Crippen LogP contribution in [0.25, 0.3) is 0 Å². The van der Waals surface area contributed by atoms with Gasteiger partial charge in [-0.1, -0.05) is 40.0 Å². The van der Waals surface area contributed by atoms with Gasteiger partial charge in [0.15, 0.2) is 0 Å². The van der Waals surface area contributed by atoms with E-state index in [0.717, 1.165) is 12.8 Å². The summed E-state index contributed by atoms with van der Waals surface area (Å²) in [5, 5.41) is 0. The van der Waals surface area contributed by atoms with Gasteiger partial charge >= 0.3 is 0 Å². The number of ketones is 1. The number of rotatable bonds is 6. The van der Waals surface area contributed by atoms with Crippen molar-refractivity contribution >= 4 is 5.78 Å². The van der Waals surface area contributed by atoms with Gasteiger partial charge in [-0.15, -0.1) is 0 Å². The van der Waals surface area contributed by atoms with Crippen LogP contribution in [0, 0.1) is 11.8 Å². The van der Waals surface area contributed by atoms with E-state index in [1.165, 1.54) is 12.8 Å². The SMILES string of the molecule is CCCCC(C(C)=O)C(C)CC. The Bertz CT molecular complexity index is 129. The predicted molar refractivity (Wildman–Crippen MR) is 53.2 cm³/mol. The molecule has 1 nitrogen and oxygen atoms in total. The lowest BCUT2D eigenvalue weighted by Crippen LogP contribution is -2.19. The van der Waals surface area contributed by atoms with Gasteiger partial charge in [-0.25, -0.2) is 0 Å². The molecule has 0 aliphatic rings. The highest BCUT2D eigenvalue weighted by atomic mass is 16.1. The Kier molecular flexibility index (Phi) is 6.04. The van der Waals surface area contributed by atoms with E-state index >= 15 is 0 Å². The van der Waals surface area contributed by atoms with Crippen molar-refractivity contribution in [2.45, 2.75) is 53.4 Å². The maximum Gasteiger partial charge on any atom is 0.133 e. The standard InChI is InChI=1S/C11H22O/c1-5-7-8-11(10(4)12)9(3)6-2/h9,11H,5-8H2,1-4H3. The third kappa shape index (κ3) is 3.89. The van der Waals surface area contributed by atoms with E-state index in [4.69, 9.17) is 0 Å². The number of unbranched alkanes of at least 4 members (excludes halogenated alkanes) is 1. The fraction of sp³-hybridized carbons (Fsp3) is 0.909. The van der Waals surface area contributed by atoms with Gasteiger partial charge in [0.05, 0.1) is 0 Å². The summed E-state index contributed by atoms with van der Waals surface area (Å²) in [5.74, 6) is 1.25. The summed E-state index contributed by atoms with van der Waals surface area (Å²) in [6.45, 7) is 8.24. The summed E-state index contributed by atoms with van der Waals surface area (Å²) in [7, 11) is 0. The van der Waals surface area contributed by atoms with Gasteiger partial charge in [0, 0.05) is 5.92 Å². The number of Topliss-reactive ketones (excluding diaryl/α,β-unsaturated/α-hetero) is 1. The van der Waals surface area contributed by atoms with Crippen molar-refractivity contribution in [3.63, 3.8) is 0 Å². The minimum atomic E-state index is 0.315. The van der Waals surface area contributed by atoms with Crippen molar-refractivity contribution < 1.29 is 4.79 Å². The van der Waals surface area contributed by atoms with Crippen LogP contribution in [0.5, 0.6) is 0 Å². The highest BCUT2D eigenvalue weighted by Crippen LogP contribution is 2.21. The van der Waals surface area contributed by atoms with E-state index in [1.54, 1.807) is 6.92 Å². The molecule has 0 spiro atoms. The molecule has 0 rings (SSSR count). The largest absolute Gasteiger partial charge is 0.300 e. The lowest BCUT2D eigenvalue weighted by molar-refractivity contribution is -0.122. The van der Waals surface area contributed by atoms with Crippen molar-refractivity contribution in [2.75, 3.05) is 0 Å². The molecule has 0 N–H and O–H groups in total. The third-order valence-corrected chi connectivity index (χ3v) is 2.72. The van der Waals surface area contributed by atoms with Gasteiger partial charge < -0.3 is 0 Å². The molecule has 0 saturated heterocycles. The molecule has 0 aliphatic heterocycles. The molecule has 0 amide bonds. The van der Waals surface area contributed by atoms with Crippen LogP contribution in [0.3, 0.4) is 0 Å². The highest BCUT2D eigenvalue weighted by Gasteiger charge is 2.19. The van der Waals surface area contributed by atoms with Crippen molar-refractivity contribution in [2.24, 2.45) is 11.8 Å². The molecule has 0 aromatic carbocycles. The van der Waals surface area contributed by atoms with E-state index in [0.29, 0.717) is 17.6 Å². The molecule has 0 saturated carbocycles. The van der Waals surface area contributed by atoms with E-state index in [9.17, 15) is 4.79 Å². The molecule has 0 bridgehead atoms. The first-order valence-corrected chi connectivity index (χ1v) is 5.13. The maximum atomic E-state index is 11.3. The second-order valence-corrected chi connectivity index (χ2v) is 3.74. The van der Waals surface area contributed by atoms with Crippen molar-refractivity contribution in [1.82, 2.24) is 0 Å². The second kappa shape index (κ2) is 6.22. The van der Waals surface area contributed by atoms with E-state index in [-0.39, 0.29) is 0 Å². The van der Waals surface area contributed by atoms with Crippen LogP contribution in [-0.4, -0.2) is 5.78 Å². The van der Waals surface area contributed by atoms with Gasteiger partial charge in [0.1, 0.15) is 5.78 Å². The molecule has 0 radical (unpaired) electrons. The number of hydrogen-bond acceptors (Lipinski definition) is 1. The average molecular weight is 170 g/mol. The van der Waals surface area contributed by atoms with Gasteiger partial charge in [-0.2, -0.15) is 0 Å². The Morgan fingerprint density at radius 3 is 2.25 bits per heavy atom. The topological polar surface area (TPSA) is 17.1 Å². The molecule has 0 aromatic heterocycles. The minimum absolute atomic E-state index is 0.315. The third-order valence-electron chi connectivity index (χ3n) is 2.72. The Hall–Kier alpha value is -0.330. The Morgan fingerprint density at radius 2 is 1.92 bits per heavy atom. The predicted octanol–water partition coefficient (Wildman–Crippen LogP) is 3.43. The van der Waals surface area contributed by atoms with Gasteiger partial charge in [0.2, 0.25) is 0 Å². The molecule has 0 fully saturated rings. The van der Waals surface area contributed by atoms with Gasteiger partial charge in [0.25, 0.3) is 0 Å². The van der Waals surface area contributed by atoms with Crippen LogP contribution >= 0.6 is 0 Å². The van der Waals surface area contributed by atoms with E-state index < -0.39 is 0 Å². The highest BCUT2D eigenvalue weighted by molar-refractivity contribution is 5.78. The fourth-order valence-corrected chi connectivity index (χ4v) is 1.60. The zero-order valence-electron chi connectivity index (χ0n) is 8.89. The summed E-state index contributed by atoms with van der Waals surface area (Å²) >= 11 is 0. The summed E-state index contributed by atoms with van der Waals surface area (Å²) in [5.41, 5.74) is 0. The Labute approximate surface area is 76.6 Å². The molecule has 72 valence electrons. The van der Waals surface area contributed by atoms with Gasteiger partial charge in [-0.05, 0) is 19.3 Å². The molecule has 2 atom stereocenters.